The van der Waals surface area contributed by atoms with Gasteiger partial charge in [-0.2, -0.15) is 0 Å². The summed E-state index contributed by atoms with van der Waals surface area (Å²) >= 11 is 7.01. The Balaban J connectivity index is 2.02. The first-order valence-corrected chi connectivity index (χ1v) is 6.63. The molecule has 0 spiro atoms. The number of methoxy groups -OCH3 is 1. The van der Waals surface area contributed by atoms with E-state index in [1.54, 1.807) is 11.8 Å². The fraction of sp³-hybridized carbons (Fsp3) is 0.333. The fourth-order valence-corrected chi connectivity index (χ4v) is 3.12. The number of rotatable bonds is 3. The van der Waals surface area contributed by atoms with Gasteiger partial charge in [0.1, 0.15) is 0 Å². The quantitative estimate of drug-likeness (QED) is 0.673. The van der Waals surface area contributed by atoms with Crippen molar-refractivity contribution >= 4 is 40.6 Å². The van der Waals surface area contributed by atoms with Crippen LogP contribution in [0.5, 0.6) is 0 Å². The molecule has 3 nitrogen and oxygen atoms in total. The van der Waals surface area contributed by atoms with Crippen molar-refractivity contribution in [3.8, 4) is 0 Å². The molecule has 1 aliphatic rings. The molecule has 0 radical (unpaired) electrons. The minimum atomic E-state index is -0.188. The number of thioether (sulfide) groups is 1. The molecule has 0 saturated carbocycles. The van der Waals surface area contributed by atoms with Gasteiger partial charge in [-0.25, -0.2) is 0 Å². The summed E-state index contributed by atoms with van der Waals surface area (Å²) in [5, 5.41) is 3.36. The number of para-hydroxylation sites is 1. The van der Waals surface area contributed by atoms with Crippen LogP contribution in [0.1, 0.15) is 12.8 Å². The maximum Gasteiger partial charge on any atom is 0.305 e. The van der Waals surface area contributed by atoms with E-state index >= 15 is 0 Å². The van der Waals surface area contributed by atoms with Gasteiger partial charge in [-0.05, 0) is 18.6 Å². The van der Waals surface area contributed by atoms with Crippen molar-refractivity contribution in [3.05, 3.63) is 24.3 Å². The summed E-state index contributed by atoms with van der Waals surface area (Å²) in [7, 11) is 1.40. The molecular weight excluding hydrogens is 254 g/mol. The highest BCUT2D eigenvalue weighted by atomic mass is 32.2. The lowest BCUT2D eigenvalue weighted by Crippen LogP contribution is -2.27. The van der Waals surface area contributed by atoms with Crippen molar-refractivity contribution in [3.63, 3.8) is 0 Å². The van der Waals surface area contributed by atoms with Gasteiger partial charge in [0.15, 0.2) is 0 Å². The molecule has 1 atom stereocenters. The smallest absolute Gasteiger partial charge is 0.305 e. The number of fused-ring (bicyclic) bond motifs is 1. The van der Waals surface area contributed by atoms with E-state index in [0.717, 1.165) is 10.7 Å². The number of carbonyl (C=O) groups is 1. The molecule has 90 valence electrons. The maximum atomic E-state index is 11.1. The topological polar surface area (TPSA) is 38.3 Å². The third kappa shape index (κ3) is 2.98. The van der Waals surface area contributed by atoms with E-state index in [0.29, 0.717) is 12.8 Å². The Hall–Kier alpha value is -1.07. The molecular formula is C12H13NO2S2. The number of hydrogen-bond donors (Lipinski definition) is 1. The van der Waals surface area contributed by atoms with Crippen LogP contribution in [0.3, 0.4) is 0 Å². The predicted octanol–water partition coefficient (Wildman–Crippen LogP) is 2.85. The maximum absolute atomic E-state index is 11.1. The van der Waals surface area contributed by atoms with Crippen LogP contribution in [0.4, 0.5) is 5.69 Å². The van der Waals surface area contributed by atoms with Gasteiger partial charge >= 0.3 is 5.97 Å². The Morgan fingerprint density at radius 1 is 1.53 bits per heavy atom. The summed E-state index contributed by atoms with van der Waals surface area (Å²) in [6, 6.07) is 8.04. The molecule has 0 saturated heterocycles. The number of nitrogens with one attached hydrogen (secondary N) is 1. The van der Waals surface area contributed by atoms with Crippen LogP contribution in [0.2, 0.25) is 0 Å². The molecule has 1 aromatic rings. The van der Waals surface area contributed by atoms with Crippen molar-refractivity contribution in [2.24, 2.45) is 0 Å². The van der Waals surface area contributed by atoms with E-state index < -0.39 is 0 Å². The highest BCUT2D eigenvalue weighted by Gasteiger charge is 2.24. The lowest BCUT2D eigenvalue weighted by atomic mass is 10.2. The van der Waals surface area contributed by atoms with Crippen molar-refractivity contribution in [2.45, 2.75) is 23.0 Å². The first-order chi connectivity index (χ1) is 8.20. The predicted molar refractivity (Wildman–Crippen MR) is 73.6 cm³/mol. The molecule has 1 heterocycles. The number of esters is 1. The first kappa shape index (κ1) is 12.4. The number of benzene rings is 1. The van der Waals surface area contributed by atoms with Gasteiger partial charge in [-0.1, -0.05) is 24.4 Å². The minimum absolute atomic E-state index is 0.152. The van der Waals surface area contributed by atoms with Gasteiger partial charge in [0, 0.05) is 11.3 Å². The zero-order valence-corrected chi connectivity index (χ0v) is 11.1. The van der Waals surface area contributed by atoms with Gasteiger partial charge in [-0.15, -0.1) is 11.8 Å². The van der Waals surface area contributed by atoms with Crippen molar-refractivity contribution in [2.75, 3.05) is 12.4 Å². The molecule has 5 heteroatoms. The minimum Gasteiger partial charge on any atom is -0.469 e. The molecule has 1 unspecified atom stereocenters. The molecule has 1 N–H and O–H groups in total. The molecule has 0 aromatic heterocycles. The van der Waals surface area contributed by atoms with Crippen LogP contribution in [0.15, 0.2) is 29.2 Å². The number of anilines is 1. The largest absolute Gasteiger partial charge is 0.469 e. The second-order valence-corrected chi connectivity index (χ2v) is 5.39. The van der Waals surface area contributed by atoms with Crippen LogP contribution in [-0.4, -0.2) is 23.3 Å². The van der Waals surface area contributed by atoms with E-state index in [1.807, 2.05) is 18.2 Å². The second kappa shape index (κ2) is 5.51. The van der Waals surface area contributed by atoms with Crippen LogP contribution in [0.25, 0.3) is 0 Å². The van der Waals surface area contributed by atoms with Crippen LogP contribution < -0.4 is 5.32 Å². The van der Waals surface area contributed by atoms with E-state index in [-0.39, 0.29) is 11.2 Å². The SMILES string of the molecule is COC(=O)CCC1Sc2ccccc2NC1=S. The summed E-state index contributed by atoms with van der Waals surface area (Å²) in [5.41, 5.74) is 1.05. The van der Waals surface area contributed by atoms with Crippen LogP contribution in [0, 0.1) is 0 Å². The number of hydrogen-bond acceptors (Lipinski definition) is 4. The zero-order valence-electron chi connectivity index (χ0n) is 9.43. The number of carbonyl (C=O) groups excluding carboxylic acids is 1. The Morgan fingerprint density at radius 3 is 3.06 bits per heavy atom. The molecule has 17 heavy (non-hydrogen) atoms. The van der Waals surface area contributed by atoms with E-state index in [9.17, 15) is 4.79 Å². The van der Waals surface area contributed by atoms with Crippen LogP contribution >= 0.6 is 24.0 Å². The highest BCUT2D eigenvalue weighted by Crippen LogP contribution is 2.37. The van der Waals surface area contributed by atoms with E-state index in [4.69, 9.17) is 12.2 Å². The second-order valence-electron chi connectivity index (χ2n) is 3.71. The molecule has 2 rings (SSSR count). The highest BCUT2D eigenvalue weighted by molar-refractivity contribution is 8.02. The summed E-state index contributed by atoms with van der Waals surface area (Å²) in [6.45, 7) is 0. The van der Waals surface area contributed by atoms with Gasteiger partial charge in [0.2, 0.25) is 0 Å². The normalized spacial score (nSPS) is 18.2. The van der Waals surface area contributed by atoms with E-state index in [2.05, 4.69) is 16.1 Å². The first-order valence-electron chi connectivity index (χ1n) is 5.34. The average Bonchev–Trinajstić information content (AvgIpc) is 2.35. The van der Waals surface area contributed by atoms with Crippen LogP contribution in [-0.2, 0) is 9.53 Å². The molecule has 0 fully saturated rings. The Morgan fingerprint density at radius 2 is 2.29 bits per heavy atom. The molecule has 1 aromatic carbocycles. The Bertz CT molecular complexity index is 448. The van der Waals surface area contributed by atoms with Gasteiger partial charge in [-0.3, -0.25) is 4.79 Å². The lowest BCUT2D eigenvalue weighted by Gasteiger charge is -2.26. The van der Waals surface area contributed by atoms with Crippen molar-refractivity contribution in [1.82, 2.24) is 0 Å². The lowest BCUT2D eigenvalue weighted by molar-refractivity contribution is -0.140. The molecule has 0 amide bonds. The Labute approximate surface area is 110 Å². The summed E-state index contributed by atoms with van der Waals surface area (Å²) < 4.78 is 4.63. The zero-order chi connectivity index (χ0) is 12.3. The Kier molecular flexibility index (Phi) is 4.02. The van der Waals surface area contributed by atoms with Crippen molar-refractivity contribution in [1.29, 1.82) is 0 Å². The van der Waals surface area contributed by atoms with Gasteiger partial charge in [0.05, 0.1) is 23.0 Å². The summed E-state index contributed by atoms with van der Waals surface area (Å²) in [6.07, 6.45) is 1.11. The third-order valence-corrected chi connectivity index (χ3v) is 4.45. The van der Waals surface area contributed by atoms with E-state index in [1.165, 1.54) is 12.0 Å². The number of thiocarbonyl (C=S) groups is 1. The molecule has 0 bridgehead atoms. The summed E-state index contributed by atoms with van der Waals surface area (Å²) in [5.74, 6) is -0.188. The summed E-state index contributed by atoms with van der Waals surface area (Å²) in [4.78, 5) is 13.1. The fourth-order valence-electron chi connectivity index (χ4n) is 1.63. The number of ether oxygens (including phenoxy) is 1. The standard InChI is InChI=1S/C12H13NO2S2/c1-15-11(14)7-6-10-12(16)13-8-4-2-3-5-9(8)17-10/h2-5,10H,6-7H2,1H3,(H,13,16). The molecule has 0 aliphatic carbocycles. The third-order valence-electron chi connectivity index (χ3n) is 2.54. The monoisotopic (exact) mass is 267 g/mol. The average molecular weight is 267 g/mol. The molecule has 1 aliphatic heterocycles. The van der Waals surface area contributed by atoms with Gasteiger partial charge in [0.25, 0.3) is 0 Å². The van der Waals surface area contributed by atoms with Gasteiger partial charge < -0.3 is 10.1 Å². The van der Waals surface area contributed by atoms with Crippen molar-refractivity contribution < 1.29 is 9.53 Å².